The van der Waals surface area contributed by atoms with Crippen LogP contribution in [0.25, 0.3) is 0 Å². The summed E-state index contributed by atoms with van der Waals surface area (Å²) < 4.78 is 5.34. The van der Waals surface area contributed by atoms with E-state index in [4.69, 9.17) is 16.3 Å². The van der Waals surface area contributed by atoms with E-state index in [-0.39, 0.29) is 12.5 Å². The van der Waals surface area contributed by atoms with Crippen LogP contribution < -0.4 is 15.5 Å². The summed E-state index contributed by atoms with van der Waals surface area (Å²) in [5, 5.41) is 6.91. The number of nitrogens with zero attached hydrogens (tertiary/aromatic N) is 1. The molecule has 0 aliphatic heterocycles. The number of halogens is 1. The number of carbonyl (C=O) groups excluding carboxylic acids is 3. The van der Waals surface area contributed by atoms with Crippen LogP contribution >= 0.6 is 11.6 Å². The summed E-state index contributed by atoms with van der Waals surface area (Å²) in [5.41, 5.74) is 4.82. The van der Waals surface area contributed by atoms with E-state index < -0.39 is 11.9 Å². The van der Waals surface area contributed by atoms with Gasteiger partial charge in [-0.15, -0.1) is 0 Å². The molecule has 0 saturated carbocycles. The topological polar surface area (TPSA) is 96.9 Å². The highest BCUT2D eigenvalue weighted by Crippen LogP contribution is 2.16. The number of hydrogen-bond donors (Lipinski definition) is 2. The van der Waals surface area contributed by atoms with E-state index in [0.717, 1.165) is 5.56 Å². The van der Waals surface area contributed by atoms with Crippen molar-refractivity contribution in [1.82, 2.24) is 10.7 Å². The van der Waals surface area contributed by atoms with Crippen molar-refractivity contribution in [3.63, 3.8) is 0 Å². The maximum absolute atomic E-state index is 12.2. The molecule has 0 spiro atoms. The normalized spacial score (nSPS) is 10.6. The number of hydrogen-bond acceptors (Lipinski definition) is 5. The molecule has 0 aliphatic rings. The van der Waals surface area contributed by atoms with E-state index >= 15 is 0 Å². The van der Waals surface area contributed by atoms with Gasteiger partial charge in [0.2, 0.25) is 0 Å². The number of esters is 1. The highest BCUT2D eigenvalue weighted by atomic mass is 35.5. The predicted molar refractivity (Wildman–Crippen MR) is 122 cm³/mol. The first-order chi connectivity index (χ1) is 15.4. The number of rotatable bonds is 7. The zero-order chi connectivity index (χ0) is 22.9. The summed E-state index contributed by atoms with van der Waals surface area (Å²) in [6.07, 6.45) is 1.40. The molecular weight excluding hydrogens is 430 g/mol. The van der Waals surface area contributed by atoms with Crippen LogP contribution in [0.4, 0.5) is 0 Å². The van der Waals surface area contributed by atoms with Crippen molar-refractivity contribution in [3.8, 4) is 5.75 Å². The van der Waals surface area contributed by atoms with Gasteiger partial charge < -0.3 is 10.1 Å². The minimum atomic E-state index is -0.520. The van der Waals surface area contributed by atoms with Crippen molar-refractivity contribution in [2.45, 2.75) is 6.92 Å². The Bertz CT molecular complexity index is 1140. The van der Waals surface area contributed by atoms with E-state index in [1.54, 1.807) is 60.7 Å². The second-order valence-corrected chi connectivity index (χ2v) is 7.25. The van der Waals surface area contributed by atoms with Gasteiger partial charge in [0.15, 0.2) is 0 Å². The Kier molecular flexibility index (Phi) is 7.72. The fourth-order valence-corrected chi connectivity index (χ4v) is 2.72. The number of nitrogens with one attached hydrogen (secondary N) is 2. The number of hydrazone groups is 1. The van der Waals surface area contributed by atoms with Crippen LogP contribution in [0.3, 0.4) is 0 Å². The van der Waals surface area contributed by atoms with Gasteiger partial charge in [0.1, 0.15) is 5.75 Å². The average Bonchev–Trinajstić information content (AvgIpc) is 2.78. The molecule has 0 bridgehead atoms. The SMILES string of the molecule is Cc1ccc(C(=O)NCC(=O)N/N=C\c2cccc(OC(=O)c3ccc(Cl)cc3)c2)cc1. The first-order valence-corrected chi connectivity index (χ1v) is 10.0. The van der Waals surface area contributed by atoms with Gasteiger partial charge >= 0.3 is 5.97 Å². The standard InChI is InChI=1S/C24H20ClN3O4/c1-16-5-7-18(8-6-16)23(30)26-15-22(29)28-27-14-17-3-2-4-21(13-17)32-24(31)19-9-11-20(25)12-10-19/h2-14H,15H2,1H3,(H,26,30)(H,28,29)/b27-14-. The molecule has 3 rings (SSSR count). The van der Waals surface area contributed by atoms with Gasteiger partial charge in [-0.05, 0) is 61.0 Å². The van der Waals surface area contributed by atoms with Crippen molar-refractivity contribution in [2.75, 3.05) is 6.54 Å². The van der Waals surface area contributed by atoms with Crippen LogP contribution in [0.5, 0.6) is 5.75 Å². The fraction of sp³-hybridized carbons (Fsp3) is 0.0833. The van der Waals surface area contributed by atoms with E-state index in [1.807, 2.05) is 19.1 Å². The lowest BCUT2D eigenvalue weighted by molar-refractivity contribution is -0.120. The van der Waals surface area contributed by atoms with Crippen molar-refractivity contribution < 1.29 is 19.1 Å². The molecule has 0 radical (unpaired) electrons. The predicted octanol–water partition coefficient (Wildman–Crippen LogP) is 3.75. The van der Waals surface area contributed by atoms with Crippen molar-refractivity contribution in [3.05, 3.63) is 100 Å². The van der Waals surface area contributed by atoms with Gasteiger partial charge in [0.05, 0.1) is 18.3 Å². The highest BCUT2D eigenvalue weighted by molar-refractivity contribution is 6.30. The Balaban J connectivity index is 1.49. The second-order valence-electron chi connectivity index (χ2n) is 6.81. The van der Waals surface area contributed by atoms with E-state index in [9.17, 15) is 14.4 Å². The van der Waals surface area contributed by atoms with E-state index in [0.29, 0.717) is 27.5 Å². The van der Waals surface area contributed by atoms with Gasteiger partial charge in [-0.1, -0.05) is 41.4 Å². The molecule has 0 saturated heterocycles. The van der Waals surface area contributed by atoms with Gasteiger partial charge in [0.25, 0.3) is 11.8 Å². The third kappa shape index (κ3) is 6.78. The number of ether oxygens (including phenoxy) is 1. The van der Waals surface area contributed by atoms with Crippen LogP contribution in [-0.4, -0.2) is 30.5 Å². The lowest BCUT2D eigenvalue weighted by Gasteiger charge is -2.06. The van der Waals surface area contributed by atoms with Crippen molar-refractivity contribution >= 4 is 35.6 Å². The quantitative estimate of drug-likeness (QED) is 0.248. The smallest absolute Gasteiger partial charge is 0.343 e. The van der Waals surface area contributed by atoms with Crippen LogP contribution in [0.2, 0.25) is 5.02 Å². The molecule has 2 N–H and O–H groups in total. The molecule has 0 heterocycles. The van der Waals surface area contributed by atoms with Crippen LogP contribution in [-0.2, 0) is 4.79 Å². The monoisotopic (exact) mass is 449 g/mol. The molecule has 0 aliphatic carbocycles. The molecule has 32 heavy (non-hydrogen) atoms. The number of aryl methyl sites for hydroxylation is 1. The summed E-state index contributed by atoms with van der Waals surface area (Å²) in [7, 11) is 0. The fourth-order valence-electron chi connectivity index (χ4n) is 2.60. The van der Waals surface area contributed by atoms with Gasteiger partial charge in [-0.25, -0.2) is 10.2 Å². The zero-order valence-corrected chi connectivity index (χ0v) is 17.9. The molecule has 0 aromatic heterocycles. The molecule has 162 valence electrons. The van der Waals surface area contributed by atoms with Crippen molar-refractivity contribution in [1.29, 1.82) is 0 Å². The summed E-state index contributed by atoms with van der Waals surface area (Å²) in [5.74, 6) is -1.02. The van der Waals surface area contributed by atoms with Crippen molar-refractivity contribution in [2.24, 2.45) is 5.10 Å². The third-order valence-electron chi connectivity index (χ3n) is 4.27. The van der Waals surface area contributed by atoms with Gasteiger partial charge in [-0.3, -0.25) is 9.59 Å². The Hall–Kier alpha value is -3.97. The molecular formula is C24H20ClN3O4. The summed E-state index contributed by atoms with van der Waals surface area (Å²) in [6, 6.07) is 20.0. The Morgan fingerprint density at radius 1 is 0.969 bits per heavy atom. The Labute approximate surface area is 190 Å². The summed E-state index contributed by atoms with van der Waals surface area (Å²) in [6.45, 7) is 1.70. The molecule has 0 fully saturated rings. The Morgan fingerprint density at radius 2 is 1.66 bits per heavy atom. The van der Waals surface area contributed by atoms with E-state index in [2.05, 4.69) is 15.8 Å². The highest BCUT2D eigenvalue weighted by Gasteiger charge is 2.09. The molecule has 2 amide bonds. The van der Waals surface area contributed by atoms with Gasteiger partial charge in [-0.2, -0.15) is 5.10 Å². The van der Waals surface area contributed by atoms with Crippen LogP contribution in [0.1, 0.15) is 31.8 Å². The van der Waals surface area contributed by atoms with Crippen LogP contribution in [0, 0.1) is 6.92 Å². The first-order valence-electron chi connectivity index (χ1n) is 9.65. The lowest BCUT2D eigenvalue weighted by atomic mass is 10.1. The minimum Gasteiger partial charge on any atom is -0.423 e. The number of benzene rings is 3. The molecule has 0 atom stereocenters. The second kappa shape index (κ2) is 10.9. The average molecular weight is 450 g/mol. The molecule has 8 heteroatoms. The first kappa shape index (κ1) is 22.7. The molecule has 3 aromatic carbocycles. The largest absolute Gasteiger partial charge is 0.423 e. The molecule has 7 nitrogen and oxygen atoms in total. The molecule has 0 unspecified atom stereocenters. The minimum absolute atomic E-state index is 0.219. The third-order valence-corrected chi connectivity index (χ3v) is 4.53. The maximum Gasteiger partial charge on any atom is 0.343 e. The number of carbonyl (C=O) groups is 3. The zero-order valence-electron chi connectivity index (χ0n) is 17.2. The molecule has 3 aromatic rings. The van der Waals surface area contributed by atoms with E-state index in [1.165, 1.54) is 6.21 Å². The summed E-state index contributed by atoms with van der Waals surface area (Å²) in [4.78, 5) is 36.1. The maximum atomic E-state index is 12.2. The Morgan fingerprint density at radius 3 is 2.38 bits per heavy atom. The number of amides is 2. The van der Waals surface area contributed by atoms with Crippen LogP contribution in [0.15, 0.2) is 77.9 Å². The lowest BCUT2D eigenvalue weighted by Crippen LogP contribution is -2.34. The summed E-state index contributed by atoms with van der Waals surface area (Å²) >= 11 is 5.82. The van der Waals surface area contributed by atoms with Gasteiger partial charge in [0, 0.05) is 10.6 Å².